The summed E-state index contributed by atoms with van der Waals surface area (Å²) in [6.07, 6.45) is 0. The topological polar surface area (TPSA) is 76.1 Å². The minimum Gasteiger partial charge on any atom is -0.507 e. The highest BCUT2D eigenvalue weighted by Crippen LogP contribution is 2.48. The summed E-state index contributed by atoms with van der Waals surface area (Å²) >= 11 is 14.1. The number of nitrogens with zero attached hydrogens (tertiary/aromatic N) is 1. The van der Waals surface area contributed by atoms with E-state index >= 15 is 0 Å². The number of rotatable bonds is 5. The second kappa shape index (κ2) is 9.09. The Morgan fingerprint density at radius 2 is 1.79 bits per heavy atom. The Labute approximate surface area is 204 Å². The molecule has 33 heavy (non-hydrogen) atoms. The second-order valence-electron chi connectivity index (χ2n) is 7.31. The van der Waals surface area contributed by atoms with Gasteiger partial charge in [0.2, 0.25) is 0 Å². The van der Waals surface area contributed by atoms with Crippen LogP contribution >= 0.6 is 34.5 Å². The number of aryl methyl sites for hydroxylation is 1. The Kier molecular flexibility index (Phi) is 6.38. The van der Waals surface area contributed by atoms with Crippen molar-refractivity contribution in [3.8, 4) is 11.5 Å². The molecule has 1 aliphatic heterocycles. The quantitative estimate of drug-likeness (QED) is 0.262. The number of benzene rings is 2. The lowest BCUT2D eigenvalue weighted by atomic mass is 9.99. The Morgan fingerprint density at radius 3 is 2.39 bits per heavy atom. The first-order chi connectivity index (χ1) is 15.8. The molecule has 0 bridgehead atoms. The van der Waals surface area contributed by atoms with Crippen LogP contribution in [0.15, 0.2) is 53.4 Å². The van der Waals surface area contributed by atoms with E-state index in [0.717, 1.165) is 5.56 Å². The maximum atomic E-state index is 13.3. The maximum absolute atomic E-state index is 13.3. The van der Waals surface area contributed by atoms with Gasteiger partial charge < -0.3 is 14.6 Å². The lowest BCUT2D eigenvalue weighted by Crippen LogP contribution is -2.29. The molecule has 1 atom stereocenters. The molecule has 0 spiro atoms. The van der Waals surface area contributed by atoms with E-state index in [4.69, 9.17) is 32.7 Å². The van der Waals surface area contributed by atoms with Crippen molar-refractivity contribution >= 4 is 57.7 Å². The Hall–Kier alpha value is -3.00. The largest absolute Gasteiger partial charge is 0.507 e. The van der Waals surface area contributed by atoms with Gasteiger partial charge >= 0.3 is 0 Å². The minimum atomic E-state index is -0.837. The summed E-state index contributed by atoms with van der Waals surface area (Å²) < 4.78 is 10.6. The number of anilines is 1. The van der Waals surface area contributed by atoms with Crippen LogP contribution in [0.1, 0.15) is 22.0 Å². The van der Waals surface area contributed by atoms with E-state index in [2.05, 4.69) is 0 Å². The number of methoxy groups -OCH3 is 2. The molecule has 1 fully saturated rings. The van der Waals surface area contributed by atoms with E-state index < -0.39 is 23.5 Å². The molecular weight excluding hydrogens is 485 g/mol. The molecule has 1 N–H and O–H groups in total. The predicted molar refractivity (Wildman–Crippen MR) is 130 cm³/mol. The van der Waals surface area contributed by atoms with Crippen LogP contribution in [-0.2, 0) is 9.59 Å². The molecule has 2 heterocycles. The van der Waals surface area contributed by atoms with Gasteiger partial charge in [-0.15, -0.1) is 11.3 Å². The van der Waals surface area contributed by atoms with Gasteiger partial charge in [-0.2, -0.15) is 0 Å². The van der Waals surface area contributed by atoms with Gasteiger partial charge in [0.25, 0.3) is 11.7 Å². The van der Waals surface area contributed by atoms with Crippen LogP contribution in [0.3, 0.4) is 0 Å². The highest BCUT2D eigenvalue weighted by molar-refractivity contribution is 7.10. The van der Waals surface area contributed by atoms with E-state index in [1.54, 1.807) is 6.07 Å². The van der Waals surface area contributed by atoms with Crippen LogP contribution in [-0.4, -0.2) is 31.0 Å². The number of carbonyl (C=O) groups is 2. The summed E-state index contributed by atoms with van der Waals surface area (Å²) in [6, 6.07) is 11.4. The molecule has 170 valence electrons. The highest BCUT2D eigenvalue weighted by Gasteiger charge is 2.47. The van der Waals surface area contributed by atoms with Crippen LogP contribution in [0.4, 0.5) is 5.69 Å². The minimum absolute atomic E-state index is 0.0367. The SMILES string of the molecule is COc1c(Cl)cc(/C(O)=C2/C(=O)C(=O)N(c3cccc(C)c3)C2c2cccs2)c(OC)c1Cl. The summed E-state index contributed by atoms with van der Waals surface area (Å²) in [5.74, 6) is -1.77. The van der Waals surface area contributed by atoms with Gasteiger partial charge in [-0.25, -0.2) is 0 Å². The number of thiophene rings is 1. The van der Waals surface area contributed by atoms with Gasteiger partial charge in [-0.3, -0.25) is 14.5 Å². The number of hydrogen-bond acceptors (Lipinski definition) is 6. The number of Topliss-reactive ketones (excluding diaryl/α,β-unsaturated/α-hetero) is 1. The molecule has 1 unspecified atom stereocenters. The number of ketones is 1. The molecular formula is C24H19Cl2NO5S. The molecule has 6 nitrogen and oxygen atoms in total. The molecule has 9 heteroatoms. The van der Waals surface area contributed by atoms with Crippen molar-refractivity contribution in [2.75, 3.05) is 19.1 Å². The molecule has 2 aromatic carbocycles. The van der Waals surface area contributed by atoms with E-state index in [1.807, 2.05) is 42.6 Å². The van der Waals surface area contributed by atoms with Crippen LogP contribution in [0, 0.1) is 6.92 Å². The first-order valence-corrected chi connectivity index (χ1v) is 11.4. The summed E-state index contributed by atoms with van der Waals surface area (Å²) in [6.45, 7) is 1.90. The van der Waals surface area contributed by atoms with Crippen molar-refractivity contribution < 1.29 is 24.2 Å². The third kappa shape index (κ3) is 3.86. The summed E-state index contributed by atoms with van der Waals surface area (Å²) in [5.41, 5.74) is 1.47. The number of halogens is 2. The van der Waals surface area contributed by atoms with Gasteiger partial charge in [0.15, 0.2) is 11.5 Å². The zero-order valence-corrected chi connectivity index (χ0v) is 20.2. The second-order valence-corrected chi connectivity index (χ2v) is 9.07. The van der Waals surface area contributed by atoms with Crippen molar-refractivity contribution in [1.29, 1.82) is 0 Å². The number of amides is 1. The van der Waals surface area contributed by atoms with Crippen molar-refractivity contribution in [3.05, 3.63) is 79.5 Å². The van der Waals surface area contributed by atoms with Crippen LogP contribution < -0.4 is 14.4 Å². The zero-order chi connectivity index (χ0) is 23.9. The molecule has 0 saturated carbocycles. The highest BCUT2D eigenvalue weighted by atomic mass is 35.5. The van der Waals surface area contributed by atoms with Crippen molar-refractivity contribution in [2.45, 2.75) is 13.0 Å². The first-order valence-electron chi connectivity index (χ1n) is 9.81. The first kappa shape index (κ1) is 23.2. The zero-order valence-electron chi connectivity index (χ0n) is 17.9. The lowest BCUT2D eigenvalue weighted by molar-refractivity contribution is -0.132. The molecule has 0 aliphatic carbocycles. The molecule has 4 rings (SSSR count). The molecule has 1 saturated heterocycles. The number of carbonyl (C=O) groups excluding carboxylic acids is 2. The summed E-state index contributed by atoms with van der Waals surface area (Å²) in [7, 11) is 2.77. The maximum Gasteiger partial charge on any atom is 0.300 e. The molecule has 1 aliphatic rings. The van der Waals surface area contributed by atoms with Gasteiger partial charge in [-0.1, -0.05) is 41.4 Å². The Bertz CT molecular complexity index is 1290. The third-order valence-electron chi connectivity index (χ3n) is 5.33. The summed E-state index contributed by atoms with van der Waals surface area (Å²) in [5, 5.41) is 13.4. The summed E-state index contributed by atoms with van der Waals surface area (Å²) in [4.78, 5) is 28.5. The molecule has 1 amide bonds. The predicted octanol–water partition coefficient (Wildman–Crippen LogP) is 6.01. The molecule has 3 aromatic rings. The fourth-order valence-corrected chi connectivity index (χ4v) is 5.39. The lowest BCUT2D eigenvalue weighted by Gasteiger charge is -2.24. The smallest absolute Gasteiger partial charge is 0.300 e. The average Bonchev–Trinajstić information content (AvgIpc) is 3.40. The Balaban J connectivity index is 1.99. The fraction of sp³-hybridized carbons (Fsp3) is 0.167. The van der Waals surface area contributed by atoms with Crippen LogP contribution in [0.2, 0.25) is 10.0 Å². The number of aliphatic hydroxyl groups is 1. The van der Waals surface area contributed by atoms with Crippen LogP contribution in [0.25, 0.3) is 5.76 Å². The van der Waals surface area contributed by atoms with E-state index in [1.165, 1.54) is 36.5 Å². The monoisotopic (exact) mass is 503 g/mol. The van der Waals surface area contributed by atoms with E-state index in [0.29, 0.717) is 10.6 Å². The Morgan fingerprint density at radius 1 is 1.06 bits per heavy atom. The van der Waals surface area contributed by atoms with E-state index in [9.17, 15) is 14.7 Å². The normalized spacial score (nSPS) is 17.5. The van der Waals surface area contributed by atoms with Gasteiger partial charge in [0, 0.05) is 10.6 Å². The molecule has 0 radical (unpaired) electrons. The molecule has 1 aromatic heterocycles. The number of aliphatic hydroxyl groups excluding tert-OH is 1. The number of hydrogen-bond donors (Lipinski definition) is 1. The number of ether oxygens (including phenoxy) is 2. The van der Waals surface area contributed by atoms with Crippen molar-refractivity contribution in [3.63, 3.8) is 0 Å². The van der Waals surface area contributed by atoms with Crippen molar-refractivity contribution in [1.82, 2.24) is 0 Å². The third-order valence-corrected chi connectivity index (χ3v) is 6.88. The van der Waals surface area contributed by atoms with Gasteiger partial charge in [0.1, 0.15) is 16.8 Å². The fourth-order valence-electron chi connectivity index (χ4n) is 3.88. The van der Waals surface area contributed by atoms with Gasteiger partial charge in [-0.05, 0) is 42.1 Å². The van der Waals surface area contributed by atoms with Crippen molar-refractivity contribution in [2.24, 2.45) is 0 Å². The standard InChI is InChI=1S/C24H19Cl2NO5S/c1-12-6-4-7-13(10-12)27-19(16-8-5-9-33-16)17(21(29)24(27)30)20(28)14-11-15(25)23(32-3)18(26)22(14)31-2/h4-11,19,28H,1-3H3/b20-17-. The van der Waals surface area contributed by atoms with E-state index in [-0.39, 0.29) is 32.7 Å². The van der Waals surface area contributed by atoms with Crippen LogP contribution in [0.5, 0.6) is 11.5 Å². The van der Waals surface area contributed by atoms with Gasteiger partial charge in [0.05, 0.1) is 30.4 Å². The average molecular weight is 504 g/mol.